The van der Waals surface area contributed by atoms with Crippen molar-refractivity contribution < 1.29 is 14.1 Å². The van der Waals surface area contributed by atoms with Gasteiger partial charge in [0.25, 0.3) is 0 Å². The third kappa shape index (κ3) is 4.72. The fourth-order valence-corrected chi connectivity index (χ4v) is 4.21. The third-order valence-electron chi connectivity index (χ3n) is 5.35. The van der Waals surface area contributed by atoms with Gasteiger partial charge < -0.3 is 10.2 Å². The molecule has 8 heteroatoms. The van der Waals surface area contributed by atoms with Crippen LogP contribution >= 0.6 is 11.8 Å². The van der Waals surface area contributed by atoms with Gasteiger partial charge in [-0.05, 0) is 51.0 Å². The standard InChI is InChI=1S/C20H28FN5OS/c1-13(25(3)4)18-23-24-20(26(18)17-11-9-15(21)10-12-17)28-14(2)19(27)22-16-7-5-6-8-16/h9-14,16H,5-8H2,1-4H3,(H,22,27)/p+1/t13-,14+/m1/s1. The van der Waals surface area contributed by atoms with E-state index in [4.69, 9.17) is 0 Å². The summed E-state index contributed by atoms with van der Waals surface area (Å²) in [7, 11) is 4.11. The first-order valence-corrected chi connectivity index (χ1v) is 10.7. The molecule has 0 unspecified atom stereocenters. The molecule has 1 aliphatic carbocycles. The summed E-state index contributed by atoms with van der Waals surface area (Å²) >= 11 is 1.38. The number of quaternary nitrogens is 1. The number of benzene rings is 1. The molecule has 1 aromatic heterocycles. The number of halogens is 1. The number of thioether (sulfide) groups is 1. The molecule has 6 nitrogen and oxygen atoms in total. The van der Waals surface area contributed by atoms with Crippen LogP contribution < -0.4 is 10.2 Å². The summed E-state index contributed by atoms with van der Waals surface area (Å²) in [5.41, 5.74) is 0.792. The lowest BCUT2D eigenvalue weighted by Gasteiger charge is -2.19. The minimum Gasteiger partial charge on any atom is -0.352 e. The maximum atomic E-state index is 13.4. The van der Waals surface area contributed by atoms with Gasteiger partial charge in [-0.3, -0.25) is 9.36 Å². The average molecular weight is 407 g/mol. The zero-order valence-electron chi connectivity index (χ0n) is 16.9. The molecule has 152 valence electrons. The number of carbonyl (C=O) groups excluding carboxylic acids is 1. The smallest absolute Gasteiger partial charge is 0.233 e. The summed E-state index contributed by atoms with van der Waals surface area (Å²) in [4.78, 5) is 13.8. The van der Waals surface area contributed by atoms with Crippen molar-refractivity contribution in [3.63, 3.8) is 0 Å². The largest absolute Gasteiger partial charge is 0.352 e. The molecule has 2 N–H and O–H groups in total. The summed E-state index contributed by atoms with van der Waals surface area (Å²) in [6, 6.07) is 6.67. The van der Waals surface area contributed by atoms with Crippen molar-refractivity contribution >= 4 is 17.7 Å². The molecule has 1 heterocycles. The van der Waals surface area contributed by atoms with Crippen LogP contribution in [0.25, 0.3) is 5.69 Å². The van der Waals surface area contributed by atoms with Gasteiger partial charge in [0, 0.05) is 11.7 Å². The van der Waals surface area contributed by atoms with E-state index in [9.17, 15) is 9.18 Å². The lowest BCUT2D eigenvalue weighted by molar-refractivity contribution is -0.890. The fraction of sp³-hybridized carbons (Fsp3) is 0.550. The Labute approximate surface area is 169 Å². The lowest BCUT2D eigenvalue weighted by Crippen LogP contribution is -3.05. The molecule has 0 aliphatic heterocycles. The number of amides is 1. The fourth-order valence-electron chi connectivity index (χ4n) is 3.33. The molecule has 2 atom stereocenters. The van der Waals surface area contributed by atoms with E-state index >= 15 is 0 Å². The second-order valence-electron chi connectivity index (χ2n) is 7.70. The zero-order valence-corrected chi connectivity index (χ0v) is 17.7. The molecule has 1 amide bonds. The van der Waals surface area contributed by atoms with Crippen LogP contribution in [-0.2, 0) is 4.79 Å². The van der Waals surface area contributed by atoms with Crippen LogP contribution in [0.15, 0.2) is 29.4 Å². The van der Waals surface area contributed by atoms with Gasteiger partial charge in [-0.1, -0.05) is 24.6 Å². The highest BCUT2D eigenvalue weighted by molar-refractivity contribution is 8.00. The van der Waals surface area contributed by atoms with Gasteiger partial charge in [0.05, 0.1) is 19.3 Å². The van der Waals surface area contributed by atoms with Crippen LogP contribution in [0.1, 0.15) is 51.4 Å². The topological polar surface area (TPSA) is 64.2 Å². The van der Waals surface area contributed by atoms with Crippen molar-refractivity contribution in [1.82, 2.24) is 20.1 Å². The van der Waals surface area contributed by atoms with E-state index in [-0.39, 0.29) is 23.0 Å². The van der Waals surface area contributed by atoms with Gasteiger partial charge in [0.15, 0.2) is 11.0 Å². The highest BCUT2D eigenvalue weighted by Gasteiger charge is 2.27. The first-order valence-electron chi connectivity index (χ1n) is 9.85. The quantitative estimate of drug-likeness (QED) is 0.692. The van der Waals surface area contributed by atoms with E-state index < -0.39 is 0 Å². The Morgan fingerprint density at radius 1 is 1.21 bits per heavy atom. The molecule has 1 aliphatic rings. The molecule has 1 saturated carbocycles. The molecule has 0 spiro atoms. The summed E-state index contributed by atoms with van der Waals surface area (Å²) < 4.78 is 15.4. The number of aromatic nitrogens is 3. The second-order valence-corrected chi connectivity index (χ2v) is 9.01. The van der Waals surface area contributed by atoms with Crippen LogP contribution in [-0.4, -0.2) is 46.1 Å². The Kier molecular flexibility index (Phi) is 6.72. The van der Waals surface area contributed by atoms with Gasteiger partial charge in [0.1, 0.15) is 11.9 Å². The molecule has 0 bridgehead atoms. The van der Waals surface area contributed by atoms with Gasteiger partial charge in [0.2, 0.25) is 5.91 Å². The molecular formula is C20H29FN5OS+. The van der Waals surface area contributed by atoms with Crippen molar-refractivity contribution in [2.24, 2.45) is 0 Å². The predicted octanol–water partition coefficient (Wildman–Crippen LogP) is 2.15. The molecule has 1 fully saturated rings. The van der Waals surface area contributed by atoms with Crippen LogP contribution in [0.3, 0.4) is 0 Å². The Morgan fingerprint density at radius 2 is 1.86 bits per heavy atom. The van der Waals surface area contributed by atoms with Gasteiger partial charge >= 0.3 is 0 Å². The molecule has 3 rings (SSSR count). The molecule has 1 aromatic carbocycles. The van der Waals surface area contributed by atoms with Gasteiger partial charge in [-0.25, -0.2) is 4.39 Å². The van der Waals surface area contributed by atoms with E-state index in [2.05, 4.69) is 36.5 Å². The predicted molar refractivity (Wildman–Crippen MR) is 108 cm³/mol. The molecule has 28 heavy (non-hydrogen) atoms. The normalized spacial score (nSPS) is 17.1. The zero-order chi connectivity index (χ0) is 20.3. The maximum absolute atomic E-state index is 13.4. The Hall–Kier alpha value is -1.93. The van der Waals surface area contributed by atoms with E-state index in [1.165, 1.54) is 41.6 Å². The molecule has 0 saturated heterocycles. The minimum absolute atomic E-state index is 0.0263. The van der Waals surface area contributed by atoms with Crippen molar-refractivity contribution in [1.29, 1.82) is 0 Å². The van der Waals surface area contributed by atoms with Crippen molar-refractivity contribution in [2.45, 2.75) is 62.0 Å². The Bertz CT molecular complexity index is 801. The number of nitrogens with one attached hydrogen (secondary N) is 2. The number of hydrogen-bond donors (Lipinski definition) is 2. The lowest BCUT2D eigenvalue weighted by atomic mass is 10.2. The van der Waals surface area contributed by atoms with Crippen LogP contribution in [0.2, 0.25) is 0 Å². The van der Waals surface area contributed by atoms with E-state index in [1.807, 2.05) is 11.5 Å². The Morgan fingerprint density at radius 3 is 2.46 bits per heavy atom. The van der Waals surface area contributed by atoms with Gasteiger partial charge in [-0.2, -0.15) is 0 Å². The first-order chi connectivity index (χ1) is 13.4. The number of nitrogens with zero attached hydrogens (tertiary/aromatic N) is 3. The summed E-state index contributed by atoms with van der Waals surface area (Å²) in [6.45, 7) is 3.96. The second kappa shape index (κ2) is 9.05. The van der Waals surface area contributed by atoms with E-state index in [0.29, 0.717) is 11.2 Å². The molecular weight excluding hydrogens is 377 g/mol. The van der Waals surface area contributed by atoms with Crippen molar-refractivity contribution in [3.05, 3.63) is 35.9 Å². The third-order valence-corrected chi connectivity index (χ3v) is 6.39. The highest BCUT2D eigenvalue weighted by atomic mass is 32.2. The molecule has 2 aromatic rings. The number of hydrogen-bond acceptors (Lipinski definition) is 4. The summed E-state index contributed by atoms with van der Waals surface area (Å²) in [5.74, 6) is 0.527. The van der Waals surface area contributed by atoms with E-state index in [0.717, 1.165) is 24.4 Å². The van der Waals surface area contributed by atoms with Crippen molar-refractivity contribution in [2.75, 3.05) is 14.1 Å². The van der Waals surface area contributed by atoms with Crippen molar-refractivity contribution in [3.8, 4) is 5.69 Å². The monoisotopic (exact) mass is 406 g/mol. The Balaban J connectivity index is 1.85. The minimum atomic E-state index is -0.293. The summed E-state index contributed by atoms with van der Waals surface area (Å²) in [5, 5.41) is 12.3. The molecule has 0 radical (unpaired) electrons. The van der Waals surface area contributed by atoms with Crippen LogP contribution in [0.4, 0.5) is 4.39 Å². The van der Waals surface area contributed by atoms with Crippen LogP contribution in [0.5, 0.6) is 0 Å². The highest BCUT2D eigenvalue weighted by Crippen LogP contribution is 2.28. The van der Waals surface area contributed by atoms with Gasteiger partial charge in [-0.15, -0.1) is 10.2 Å². The number of rotatable bonds is 7. The van der Waals surface area contributed by atoms with E-state index in [1.54, 1.807) is 12.1 Å². The summed E-state index contributed by atoms with van der Waals surface area (Å²) in [6.07, 6.45) is 4.48. The number of carbonyl (C=O) groups is 1. The average Bonchev–Trinajstić information content (AvgIpc) is 3.31. The maximum Gasteiger partial charge on any atom is 0.233 e. The SMILES string of the molecule is C[C@H](Sc1nnc([C@@H](C)[NH+](C)C)n1-c1ccc(F)cc1)C(=O)NC1CCCC1. The van der Waals surface area contributed by atoms with Crippen LogP contribution in [0, 0.1) is 5.82 Å². The first kappa shape index (κ1) is 20.8.